The molecule has 122 valence electrons. The van der Waals surface area contributed by atoms with Gasteiger partial charge in [0.1, 0.15) is 0 Å². The molecule has 1 amide bonds. The summed E-state index contributed by atoms with van der Waals surface area (Å²) in [4.78, 5) is 14.9. The van der Waals surface area contributed by atoms with E-state index in [-0.39, 0.29) is 23.3 Å². The summed E-state index contributed by atoms with van der Waals surface area (Å²) < 4.78 is 11.9. The maximum Gasteiger partial charge on any atom is 0.255 e. The number of amides is 1. The van der Waals surface area contributed by atoms with Gasteiger partial charge in [0.15, 0.2) is 18.1 Å². The number of carbonyl (C=O) groups excluding carboxylic acids is 1. The number of aromatic nitrogens is 2. The molecule has 0 saturated heterocycles. The molecule has 0 fully saturated rings. The van der Waals surface area contributed by atoms with Crippen LogP contribution in [0.1, 0.15) is 11.3 Å². The fourth-order valence-electron chi connectivity index (χ4n) is 1.82. The standard InChI is InChI=1S/C14H16ClN5O3/c1-8-6-20(14(17)19-8)18-5-9-3-10(15)13(11(4-9)22-2)23-7-12(16)21/h3-6H,7H2,1-2H3,(H2,16,21)(H2,17,19). The number of aryl methyl sites for hydroxylation is 1. The number of nitrogen functional groups attached to an aromatic ring is 1. The number of hydrogen-bond acceptors (Lipinski definition) is 6. The highest BCUT2D eigenvalue weighted by atomic mass is 35.5. The molecule has 0 bridgehead atoms. The van der Waals surface area contributed by atoms with Crippen molar-refractivity contribution < 1.29 is 14.3 Å². The maximum absolute atomic E-state index is 10.8. The second-order valence-corrected chi connectivity index (χ2v) is 5.03. The molecule has 9 heteroatoms. The number of imidazole rings is 1. The van der Waals surface area contributed by atoms with Crippen LogP contribution in [-0.4, -0.2) is 35.5 Å². The minimum Gasteiger partial charge on any atom is -0.493 e. The SMILES string of the molecule is COc1cc(C=Nn2cc(C)nc2N)cc(Cl)c1OCC(N)=O. The van der Waals surface area contributed by atoms with E-state index >= 15 is 0 Å². The number of ether oxygens (including phenoxy) is 2. The van der Waals surface area contributed by atoms with Crippen LogP contribution in [0, 0.1) is 6.92 Å². The Bertz CT molecular complexity index is 757. The van der Waals surface area contributed by atoms with Crippen LogP contribution < -0.4 is 20.9 Å². The lowest BCUT2D eigenvalue weighted by atomic mass is 10.2. The normalized spacial score (nSPS) is 10.9. The Hall–Kier alpha value is -2.74. The Balaban J connectivity index is 2.28. The number of hydrogen-bond donors (Lipinski definition) is 2. The molecular weight excluding hydrogens is 322 g/mol. The van der Waals surface area contributed by atoms with Gasteiger partial charge in [0.05, 0.1) is 30.2 Å². The van der Waals surface area contributed by atoms with E-state index in [0.717, 1.165) is 5.69 Å². The molecule has 2 rings (SSSR count). The highest BCUT2D eigenvalue weighted by molar-refractivity contribution is 6.32. The van der Waals surface area contributed by atoms with Gasteiger partial charge < -0.3 is 20.9 Å². The van der Waals surface area contributed by atoms with E-state index in [0.29, 0.717) is 11.3 Å². The van der Waals surface area contributed by atoms with Crippen LogP contribution in [0.5, 0.6) is 11.5 Å². The fourth-order valence-corrected chi connectivity index (χ4v) is 2.10. The predicted molar refractivity (Wildman–Crippen MR) is 87.1 cm³/mol. The molecule has 23 heavy (non-hydrogen) atoms. The minimum atomic E-state index is -0.611. The van der Waals surface area contributed by atoms with Gasteiger partial charge in [-0.1, -0.05) is 11.6 Å². The Morgan fingerprint density at radius 2 is 2.26 bits per heavy atom. The quantitative estimate of drug-likeness (QED) is 0.767. The van der Waals surface area contributed by atoms with Crippen LogP contribution in [0.25, 0.3) is 0 Å². The average molecular weight is 338 g/mol. The molecule has 0 atom stereocenters. The first kappa shape index (κ1) is 16.6. The molecule has 2 aromatic rings. The van der Waals surface area contributed by atoms with Crippen molar-refractivity contribution in [2.75, 3.05) is 19.5 Å². The van der Waals surface area contributed by atoms with E-state index in [1.807, 2.05) is 6.92 Å². The third-order valence-corrected chi connectivity index (χ3v) is 3.06. The van der Waals surface area contributed by atoms with Crippen molar-refractivity contribution >= 4 is 29.7 Å². The highest BCUT2D eigenvalue weighted by Crippen LogP contribution is 2.36. The largest absolute Gasteiger partial charge is 0.493 e. The van der Waals surface area contributed by atoms with E-state index in [9.17, 15) is 4.79 Å². The summed E-state index contributed by atoms with van der Waals surface area (Å²) in [6, 6.07) is 3.27. The summed E-state index contributed by atoms with van der Waals surface area (Å²) in [6.45, 7) is 1.52. The van der Waals surface area contributed by atoms with Gasteiger partial charge in [0.25, 0.3) is 5.91 Å². The van der Waals surface area contributed by atoms with Gasteiger partial charge in [0, 0.05) is 0 Å². The lowest BCUT2D eigenvalue weighted by Gasteiger charge is -2.12. The lowest BCUT2D eigenvalue weighted by Crippen LogP contribution is -2.20. The number of benzene rings is 1. The zero-order valence-electron chi connectivity index (χ0n) is 12.6. The molecule has 0 radical (unpaired) electrons. The summed E-state index contributed by atoms with van der Waals surface area (Å²) in [7, 11) is 1.46. The third-order valence-electron chi connectivity index (χ3n) is 2.78. The molecule has 0 aliphatic carbocycles. The first-order valence-corrected chi connectivity index (χ1v) is 6.93. The highest BCUT2D eigenvalue weighted by Gasteiger charge is 2.12. The fraction of sp³-hybridized carbons (Fsp3) is 0.214. The number of halogens is 1. The van der Waals surface area contributed by atoms with Gasteiger partial charge in [-0.25, -0.2) is 9.66 Å². The summed E-state index contributed by atoms with van der Waals surface area (Å²) in [5, 5.41) is 4.46. The second kappa shape index (κ2) is 7.01. The topological polar surface area (TPSA) is 118 Å². The first-order chi connectivity index (χ1) is 10.9. The van der Waals surface area contributed by atoms with Crippen molar-refractivity contribution in [1.29, 1.82) is 0 Å². The van der Waals surface area contributed by atoms with Crippen molar-refractivity contribution in [1.82, 2.24) is 9.66 Å². The van der Waals surface area contributed by atoms with E-state index in [2.05, 4.69) is 10.1 Å². The van der Waals surface area contributed by atoms with Crippen LogP contribution in [0.3, 0.4) is 0 Å². The van der Waals surface area contributed by atoms with E-state index in [1.54, 1.807) is 24.5 Å². The molecule has 1 aromatic carbocycles. The van der Waals surface area contributed by atoms with Crippen LogP contribution in [0.2, 0.25) is 5.02 Å². The van der Waals surface area contributed by atoms with Crippen LogP contribution in [0.4, 0.5) is 5.95 Å². The van der Waals surface area contributed by atoms with Gasteiger partial charge in [-0.3, -0.25) is 4.79 Å². The summed E-state index contributed by atoms with van der Waals surface area (Å²) in [6.07, 6.45) is 3.23. The van der Waals surface area contributed by atoms with Gasteiger partial charge in [0.2, 0.25) is 5.95 Å². The average Bonchev–Trinajstić information content (AvgIpc) is 2.81. The molecule has 0 saturated carbocycles. The minimum absolute atomic E-state index is 0.239. The molecule has 1 aromatic heterocycles. The van der Waals surface area contributed by atoms with Crippen molar-refractivity contribution in [3.05, 3.63) is 34.6 Å². The van der Waals surface area contributed by atoms with Crippen molar-refractivity contribution in [3.63, 3.8) is 0 Å². The van der Waals surface area contributed by atoms with Gasteiger partial charge in [-0.05, 0) is 24.6 Å². The van der Waals surface area contributed by atoms with Crippen molar-refractivity contribution in [3.8, 4) is 11.5 Å². The Morgan fingerprint density at radius 3 is 2.83 bits per heavy atom. The molecule has 0 aliphatic rings. The van der Waals surface area contributed by atoms with Gasteiger partial charge in [-0.2, -0.15) is 5.10 Å². The maximum atomic E-state index is 10.8. The zero-order valence-corrected chi connectivity index (χ0v) is 13.4. The molecule has 1 heterocycles. The molecule has 0 unspecified atom stereocenters. The summed E-state index contributed by atoms with van der Waals surface area (Å²) in [5.41, 5.74) is 12.2. The van der Waals surface area contributed by atoms with Crippen molar-refractivity contribution in [2.24, 2.45) is 10.8 Å². The second-order valence-electron chi connectivity index (χ2n) is 4.62. The van der Waals surface area contributed by atoms with Gasteiger partial charge >= 0.3 is 0 Å². The number of methoxy groups -OCH3 is 1. The number of nitrogens with zero attached hydrogens (tertiary/aromatic N) is 3. The van der Waals surface area contributed by atoms with Crippen LogP contribution >= 0.6 is 11.6 Å². The van der Waals surface area contributed by atoms with Crippen LogP contribution in [-0.2, 0) is 4.79 Å². The number of primary amides is 1. The first-order valence-electron chi connectivity index (χ1n) is 6.55. The zero-order chi connectivity index (χ0) is 17.0. The monoisotopic (exact) mass is 337 g/mol. The number of carbonyl (C=O) groups is 1. The van der Waals surface area contributed by atoms with E-state index < -0.39 is 5.91 Å². The molecule has 8 nitrogen and oxygen atoms in total. The molecular formula is C14H16ClN5O3. The van der Waals surface area contributed by atoms with E-state index in [4.69, 9.17) is 32.5 Å². The number of rotatable bonds is 6. The third kappa shape index (κ3) is 4.13. The molecule has 0 aliphatic heterocycles. The Morgan fingerprint density at radius 1 is 1.52 bits per heavy atom. The number of anilines is 1. The van der Waals surface area contributed by atoms with Crippen LogP contribution in [0.15, 0.2) is 23.4 Å². The molecule has 4 N–H and O–H groups in total. The Labute approximate surface area is 137 Å². The van der Waals surface area contributed by atoms with Gasteiger partial charge in [-0.15, -0.1) is 0 Å². The predicted octanol–water partition coefficient (Wildman–Crippen LogP) is 1.18. The smallest absolute Gasteiger partial charge is 0.255 e. The van der Waals surface area contributed by atoms with E-state index in [1.165, 1.54) is 11.8 Å². The van der Waals surface area contributed by atoms with Crippen molar-refractivity contribution in [2.45, 2.75) is 6.92 Å². The Kier molecular flexibility index (Phi) is 5.07. The summed E-state index contributed by atoms with van der Waals surface area (Å²) in [5.74, 6) is 0.260. The molecule has 0 spiro atoms. The lowest BCUT2D eigenvalue weighted by molar-refractivity contribution is -0.119. The summed E-state index contributed by atoms with van der Waals surface area (Å²) >= 11 is 6.15. The number of nitrogens with two attached hydrogens (primary N) is 2.